The second-order valence-corrected chi connectivity index (χ2v) is 8.61. The van der Waals surface area contributed by atoms with Crippen molar-refractivity contribution >= 4 is 27.3 Å². The molecule has 2 heterocycles. The van der Waals surface area contributed by atoms with Crippen molar-refractivity contribution < 1.29 is 17.6 Å². The van der Waals surface area contributed by atoms with Gasteiger partial charge in [-0.05, 0) is 55.2 Å². The van der Waals surface area contributed by atoms with Gasteiger partial charge in [0.15, 0.2) is 0 Å². The molecule has 26 heavy (non-hydrogen) atoms. The monoisotopic (exact) mass is 374 g/mol. The molecule has 0 radical (unpaired) electrons. The summed E-state index contributed by atoms with van der Waals surface area (Å²) in [6.07, 6.45) is 2.14. The van der Waals surface area contributed by atoms with Crippen LogP contribution in [0.1, 0.15) is 28.8 Å². The van der Waals surface area contributed by atoms with Gasteiger partial charge in [-0.1, -0.05) is 12.1 Å². The zero-order chi connectivity index (χ0) is 18.3. The lowest BCUT2D eigenvalue weighted by molar-refractivity contribution is 0.0984. The first-order valence-electron chi connectivity index (χ1n) is 8.67. The van der Waals surface area contributed by atoms with Crippen LogP contribution in [-0.2, 0) is 16.4 Å². The van der Waals surface area contributed by atoms with E-state index in [1.165, 1.54) is 15.3 Å². The van der Waals surface area contributed by atoms with Crippen LogP contribution in [0.2, 0.25) is 0 Å². The molecule has 1 fully saturated rings. The van der Waals surface area contributed by atoms with Gasteiger partial charge in [-0.25, -0.2) is 12.8 Å². The number of para-hydroxylation sites is 1. The lowest BCUT2D eigenvalue weighted by Gasteiger charge is -2.30. The van der Waals surface area contributed by atoms with E-state index in [2.05, 4.69) is 0 Å². The van der Waals surface area contributed by atoms with E-state index in [1.807, 2.05) is 6.07 Å². The smallest absolute Gasteiger partial charge is 0.258 e. The summed E-state index contributed by atoms with van der Waals surface area (Å²) in [5.74, 6) is -0.514. The number of amides is 1. The van der Waals surface area contributed by atoms with Crippen molar-refractivity contribution in [2.24, 2.45) is 0 Å². The lowest BCUT2D eigenvalue weighted by Crippen LogP contribution is -2.36. The molecular formula is C19H19FN2O3S. The zero-order valence-electron chi connectivity index (χ0n) is 14.2. The minimum Gasteiger partial charge on any atom is -0.305 e. The highest BCUT2D eigenvalue weighted by Gasteiger charge is 2.29. The number of anilines is 2. The maximum Gasteiger partial charge on any atom is 0.258 e. The van der Waals surface area contributed by atoms with Crippen molar-refractivity contribution in [2.45, 2.75) is 19.3 Å². The van der Waals surface area contributed by atoms with E-state index in [1.54, 1.807) is 30.3 Å². The average molecular weight is 374 g/mol. The molecule has 0 N–H and O–H groups in total. The van der Waals surface area contributed by atoms with Gasteiger partial charge >= 0.3 is 0 Å². The number of aryl methyl sites for hydroxylation is 1. The Hall–Kier alpha value is -2.41. The van der Waals surface area contributed by atoms with Crippen molar-refractivity contribution in [2.75, 3.05) is 28.0 Å². The van der Waals surface area contributed by atoms with E-state index in [0.717, 1.165) is 18.4 Å². The Bertz CT molecular complexity index is 957. The van der Waals surface area contributed by atoms with Crippen LogP contribution in [0.3, 0.4) is 0 Å². The normalized spacial score (nSPS) is 18.7. The molecule has 2 aliphatic heterocycles. The lowest BCUT2D eigenvalue weighted by atomic mass is 10.0. The van der Waals surface area contributed by atoms with Gasteiger partial charge in [0.1, 0.15) is 5.82 Å². The minimum absolute atomic E-state index is 0.150. The zero-order valence-corrected chi connectivity index (χ0v) is 15.0. The van der Waals surface area contributed by atoms with Gasteiger partial charge in [-0.3, -0.25) is 9.10 Å². The summed E-state index contributed by atoms with van der Waals surface area (Å²) in [6, 6.07) is 11.4. The number of hydrogen-bond donors (Lipinski definition) is 0. The first-order valence-corrected chi connectivity index (χ1v) is 10.3. The fraction of sp³-hybridized carbons (Fsp3) is 0.316. The minimum atomic E-state index is -3.25. The Morgan fingerprint density at radius 2 is 1.77 bits per heavy atom. The molecule has 1 amide bonds. The van der Waals surface area contributed by atoms with Gasteiger partial charge in [-0.15, -0.1) is 0 Å². The molecule has 0 aromatic heterocycles. The molecule has 4 rings (SSSR count). The number of benzene rings is 2. The van der Waals surface area contributed by atoms with E-state index in [0.29, 0.717) is 36.4 Å². The van der Waals surface area contributed by atoms with E-state index in [4.69, 9.17) is 0 Å². The first kappa shape index (κ1) is 17.0. The molecule has 136 valence electrons. The number of sulfonamides is 1. The maximum absolute atomic E-state index is 14.3. The molecule has 0 atom stereocenters. The third-order valence-corrected chi connectivity index (χ3v) is 6.78. The molecule has 2 aromatic carbocycles. The number of fused-ring (bicyclic) bond motifs is 1. The quantitative estimate of drug-likeness (QED) is 0.812. The maximum atomic E-state index is 14.3. The second-order valence-electron chi connectivity index (χ2n) is 6.60. The Kier molecular flexibility index (Phi) is 4.19. The molecule has 7 heteroatoms. The van der Waals surface area contributed by atoms with E-state index in [9.17, 15) is 17.6 Å². The summed E-state index contributed by atoms with van der Waals surface area (Å²) in [5.41, 5.74) is 2.17. The van der Waals surface area contributed by atoms with E-state index >= 15 is 0 Å². The number of carbonyl (C=O) groups is 1. The topological polar surface area (TPSA) is 57.7 Å². The summed E-state index contributed by atoms with van der Waals surface area (Å²) < 4.78 is 39.7. The Labute approximate surface area is 152 Å². The van der Waals surface area contributed by atoms with Gasteiger partial charge in [0.2, 0.25) is 10.0 Å². The number of rotatable bonds is 2. The standard InChI is InChI=1S/C19H19FN2O3S/c20-17-6-1-4-14-5-2-11-21(18(14)17)19(23)15-7-9-16(10-8-15)22-12-3-13-26(22,24)25/h1,4,6-10H,2-3,5,11-13H2. The third-order valence-electron chi connectivity index (χ3n) is 4.91. The third kappa shape index (κ3) is 2.86. The average Bonchev–Trinajstić information content (AvgIpc) is 3.00. The van der Waals surface area contributed by atoms with Crippen LogP contribution >= 0.6 is 0 Å². The predicted octanol–water partition coefficient (Wildman–Crippen LogP) is 2.96. The van der Waals surface area contributed by atoms with Crippen molar-refractivity contribution in [1.82, 2.24) is 0 Å². The van der Waals surface area contributed by atoms with Crippen LogP contribution in [0.15, 0.2) is 42.5 Å². The largest absolute Gasteiger partial charge is 0.305 e. The molecule has 0 spiro atoms. The summed E-state index contributed by atoms with van der Waals surface area (Å²) in [5, 5.41) is 0. The van der Waals surface area contributed by atoms with Crippen LogP contribution in [0, 0.1) is 5.82 Å². The molecule has 2 aliphatic rings. The number of nitrogens with zero attached hydrogens (tertiary/aromatic N) is 2. The van der Waals surface area contributed by atoms with Crippen molar-refractivity contribution in [3.05, 3.63) is 59.4 Å². The summed E-state index contributed by atoms with van der Waals surface area (Å²) >= 11 is 0. The first-order chi connectivity index (χ1) is 12.5. The van der Waals surface area contributed by atoms with Crippen LogP contribution < -0.4 is 9.21 Å². The fourth-order valence-electron chi connectivity index (χ4n) is 3.66. The SMILES string of the molecule is O=C(c1ccc(N2CCCS2(=O)=O)cc1)N1CCCc2cccc(F)c21. The molecule has 0 unspecified atom stereocenters. The van der Waals surface area contributed by atoms with Gasteiger partial charge in [0, 0.05) is 18.7 Å². The highest BCUT2D eigenvalue weighted by Crippen LogP contribution is 2.31. The Morgan fingerprint density at radius 1 is 1.00 bits per heavy atom. The summed E-state index contributed by atoms with van der Waals surface area (Å²) in [4.78, 5) is 14.4. The summed E-state index contributed by atoms with van der Waals surface area (Å²) in [7, 11) is -3.25. The molecule has 0 aliphatic carbocycles. The van der Waals surface area contributed by atoms with Crippen LogP contribution in [-0.4, -0.2) is 33.2 Å². The number of carbonyl (C=O) groups excluding carboxylic acids is 1. The molecule has 0 bridgehead atoms. The Morgan fingerprint density at radius 3 is 2.46 bits per heavy atom. The van der Waals surface area contributed by atoms with Crippen LogP contribution in [0.5, 0.6) is 0 Å². The predicted molar refractivity (Wildman–Crippen MR) is 98.6 cm³/mol. The molecule has 1 saturated heterocycles. The van der Waals surface area contributed by atoms with Gasteiger partial charge in [0.05, 0.1) is 17.1 Å². The van der Waals surface area contributed by atoms with Gasteiger partial charge < -0.3 is 4.90 Å². The fourth-order valence-corrected chi connectivity index (χ4v) is 5.23. The van der Waals surface area contributed by atoms with Crippen LogP contribution in [0.25, 0.3) is 0 Å². The molecule has 5 nitrogen and oxygen atoms in total. The van der Waals surface area contributed by atoms with Crippen molar-refractivity contribution in [1.29, 1.82) is 0 Å². The van der Waals surface area contributed by atoms with Gasteiger partial charge in [0.25, 0.3) is 5.91 Å². The van der Waals surface area contributed by atoms with Crippen LogP contribution in [0.4, 0.5) is 15.8 Å². The summed E-state index contributed by atoms with van der Waals surface area (Å²) in [6.45, 7) is 0.926. The molecule has 2 aromatic rings. The van der Waals surface area contributed by atoms with Gasteiger partial charge in [-0.2, -0.15) is 0 Å². The number of halogens is 1. The van der Waals surface area contributed by atoms with Crippen molar-refractivity contribution in [3.8, 4) is 0 Å². The molecular weight excluding hydrogens is 355 g/mol. The molecule has 0 saturated carbocycles. The van der Waals surface area contributed by atoms with E-state index in [-0.39, 0.29) is 11.7 Å². The highest BCUT2D eigenvalue weighted by atomic mass is 32.2. The number of hydrogen-bond acceptors (Lipinski definition) is 3. The van der Waals surface area contributed by atoms with Crippen molar-refractivity contribution in [3.63, 3.8) is 0 Å². The second kappa shape index (κ2) is 6.39. The highest BCUT2D eigenvalue weighted by molar-refractivity contribution is 7.93. The Balaban J connectivity index is 1.63. The van der Waals surface area contributed by atoms with E-state index < -0.39 is 15.8 Å².